The maximum absolute atomic E-state index is 5.66. The second kappa shape index (κ2) is 8.34. The van der Waals surface area contributed by atoms with Gasteiger partial charge in [-0.2, -0.15) is 0 Å². The van der Waals surface area contributed by atoms with E-state index in [2.05, 4.69) is 34.4 Å². The molecule has 1 unspecified atom stereocenters. The molecule has 1 aliphatic heterocycles. The molecule has 1 fully saturated rings. The first kappa shape index (κ1) is 15.4. The summed E-state index contributed by atoms with van der Waals surface area (Å²) in [6.45, 7) is 11.1. The van der Waals surface area contributed by atoms with Crippen LogP contribution >= 0.6 is 0 Å². The third-order valence-electron chi connectivity index (χ3n) is 3.50. The Bertz CT molecular complexity index is 381. The Labute approximate surface area is 121 Å². The number of hydrogen-bond acceptors (Lipinski definition) is 5. The predicted molar refractivity (Wildman–Crippen MR) is 78.5 cm³/mol. The van der Waals surface area contributed by atoms with E-state index in [9.17, 15) is 0 Å². The minimum absolute atomic E-state index is 0.335. The first-order valence-corrected chi connectivity index (χ1v) is 7.71. The van der Waals surface area contributed by atoms with Gasteiger partial charge in [-0.15, -0.1) is 5.10 Å². The molecule has 0 bridgehead atoms. The molecular formula is C14H27N5O. The zero-order valence-electron chi connectivity index (χ0n) is 12.7. The fourth-order valence-corrected chi connectivity index (χ4v) is 2.45. The number of aromatic nitrogens is 3. The van der Waals surface area contributed by atoms with Crippen LogP contribution in [0.5, 0.6) is 0 Å². The summed E-state index contributed by atoms with van der Waals surface area (Å²) in [5, 5.41) is 11.7. The first-order chi connectivity index (χ1) is 9.78. The van der Waals surface area contributed by atoms with Gasteiger partial charge in [-0.1, -0.05) is 12.1 Å². The van der Waals surface area contributed by atoms with Crippen molar-refractivity contribution in [2.75, 3.05) is 32.8 Å². The van der Waals surface area contributed by atoms with Crippen molar-refractivity contribution < 1.29 is 4.74 Å². The fourth-order valence-electron chi connectivity index (χ4n) is 2.45. The van der Waals surface area contributed by atoms with Gasteiger partial charge in [0.2, 0.25) is 0 Å². The normalized spacial score (nSPS) is 21.0. The van der Waals surface area contributed by atoms with Crippen molar-refractivity contribution in [1.82, 2.24) is 25.2 Å². The summed E-state index contributed by atoms with van der Waals surface area (Å²) in [4.78, 5) is 2.45. The zero-order valence-corrected chi connectivity index (χ0v) is 12.7. The smallest absolute Gasteiger partial charge is 0.0964 e. The topological polar surface area (TPSA) is 55.2 Å². The molecule has 2 heterocycles. The lowest BCUT2D eigenvalue weighted by Gasteiger charge is -2.21. The highest BCUT2D eigenvalue weighted by Gasteiger charge is 2.14. The molecule has 1 atom stereocenters. The SMILES string of the molecule is CCCNCc1cn(CCN2CCCOC(C)C2)nn1. The molecule has 0 spiro atoms. The molecule has 6 nitrogen and oxygen atoms in total. The van der Waals surface area contributed by atoms with Crippen molar-refractivity contribution in [2.45, 2.75) is 45.9 Å². The molecule has 1 aromatic heterocycles. The molecule has 0 saturated carbocycles. The van der Waals surface area contributed by atoms with Gasteiger partial charge in [-0.3, -0.25) is 9.58 Å². The lowest BCUT2D eigenvalue weighted by atomic mass is 10.3. The second-order valence-corrected chi connectivity index (χ2v) is 5.49. The Kier molecular flexibility index (Phi) is 6.42. The van der Waals surface area contributed by atoms with Crippen LogP contribution in [0.15, 0.2) is 6.20 Å². The standard InChI is InChI=1S/C14H27N5O/c1-3-5-15-10-14-12-19(17-16-14)8-7-18-6-4-9-20-13(2)11-18/h12-13,15H,3-11H2,1-2H3. The summed E-state index contributed by atoms with van der Waals surface area (Å²) in [7, 11) is 0. The lowest BCUT2D eigenvalue weighted by molar-refractivity contribution is 0.0671. The highest BCUT2D eigenvalue weighted by Crippen LogP contribution is 2.05. The number of nitrogens with one attached hydrogen (secondary N) is 1. The lowest BCUT2D eigenvalue weighted by Crippen LogP contribution is -2.33. The summed E-state index contributed by atoms with van der Waals surface area (Å²) in [6, 6.07) is 0. The minimum Gasteiger partial charge on any atom is -0.377 e. The highest BCUT2D eigenvalue weighted by molar-refractivity contribution is 4.91. The van der Waals surface area contributed by atoms with Crippen molar-refractivity contribution in [3.8, 4) is 0 Å². The molecule has 1 N–H and O–H groups in total. The van der Waals surface area contributed by atoms with E-state index in [1.807, 2.05) is 10.9 Å². The molecule has 0 radical (unpaired) electrons. The van der Waals surface area contributed by atoms with Crippen molar-refractivity contribution >= 4 is 0 Å². The molecule has 6 heteroatoms. The Balaban J connectivity index is 1.73. The fraction of sp³-hybridized carbons (Fsp3) is 0.857. The average Bonchev–Trinajstić information content (AvgIpc) is 2.78. The van der Waals surface area contributed by atoms with Crippen LogP contribution in [0.4, 0.5) is 0 Å². The van der Waals surface area contributed by atoms with Gasteiger partial charge < -0.3 is 10.1 Å². The van der Waals surface area contributed by atoms with Gasteiger partial charge >= 0.3 is 0 Å². The minimum atomic E-state index is 0.335. The predicted octanol–water partition coefficient (Wildman–Crippen LogP) is 0.889. The van der Waals surface area contributed by atoms with E-state index in [-0.39, 0.29) is 0 Å². The summed E-state index contributed by atoms with van der Waals surface area (Å²) in [5.74, 6) is 0. The summed E-state index contributed by atoms with van der Waals surface area (Å²) in [5.41, 5.74) is 1.02. The quantitative estimate of drug-likeness (QED) is 0.752. The van der Waals surface area contributed by atoms with Gasteiger partial charge in [0.15, 0.2) is 0 Å². The largest absolute Gasteiger partial charge is 0.377 e. The van der Waals surface area contributed by atoms with Crippen LogP contribution in [-0.2, 0) is 17.8 Å². The molecule has 0 aromatic carbocycles. The van der Waals surface area contributed by atoms with E-state index in [4.69, 9.17) is 4.74 Å². The maximum Gasteiger partial charge on any atom is 0.0964 e. The van der Waals surface area contributed by atoms with Gasteiger partial charge in [0.05, 0.1) is 18.3 Å². The zero-order chi connectivity index (χ0) is 14.2. The number of nitrogens with zero attached hydrogens (tertiary/aromatic N) is 4. The van der Waals surface area contributed by atoms with Crippen LogP contribution in [0, 0.1) is 0 Å². The van der Waals surface area contributed by atoms with Crippen molar-refractivity contribution in [1.29, 1.82) is 0 Å². The highest BCUT2D eigenvalue weighted by atomic mass is 16.5. The molecule has 1 aliphatic rings. The molecule has 1 aromatic rings. The van der Waals surface area contributed by atoms with Crippen LogP contribution in [0.3, 0.4) is 0 Å². The van der Waals surface area contributed by atoms with E-state index < -0.39 is 0 Å². The van der Waals surface area contributed by atoms with Crippen molar-refractivity contribution in [2.24, 2.45) is 0 Å². The van der Waals surface area contributed by atoms with E-state index >= 15 is 0 Å². The summed E-state index contributed by atoms with van der Waals surface area (Å²) < 4.78 is 7.60. The monoisotopic (exact) mass is 281 g/mol. The van der Waals surface area contributed by atoms with Crippen molar-refractivity contribution in [3.63, 3.8) is 0 Å². The van der Waals surface area contributed by atoms with E-state index in [1.54, 1.807) is 0 Å². The maximum atomic E-state index is 5.66. The van der Waals surface area contributed by atoms with Gasteiger partial charge in [0.1, 0.15) is 0 Å². The molecule has 0 amide bonds. The Morgan fingerprint density at radius 1 is 1.45 bits per heavy atom. The van der Waals surface area contributed by atoms with Gasteiger partial charge in [-0.25, -0.2) is 0 Å². The molecule has 20 heavy (non-hydrogen) atoms. The molecular weight excluding hydrogens is 254 g/mol. The summed E-state index contributed by atoms with van der Waals surface area (Å²) >= 11 is 0. The van der Waals surface area contributed by atoms with Crippen LogP contribution in [-0.4, -0.2) is 58.8 Å². The van der Waals surface area contributed by atoms with Gasteiger partial charge in [0.25, 0.3) is 0 Å². The summed E-state index contributed by atoms with van der Waals surface area (Å²) in [6.07, 6.45) is 4.64. The molecule has 0 aliphatic carbocycles. The third kappa shape index (κ3) is 5.19. The van der Waals surface area contributed by atoms with Gasteiger partial charge in [0, 0.05) is 39.0 Å². The number of ether oxygens (including phenoxy) is 1. The third-order valence-corrected chi connectivity index (χ3v) is 3.50. The van der Waals surface area contributed by atoms with Crippen LogP contribution in [0.25, 0.3) is 0 Å². The second-order valence-electron chi connectivity index (χ2n) is 5.49. The number of hydrogen-bond donors (Lipinski definition) is 1. The van der Waals surface area contributed by atoms with E-state index in [0.29, 0.717) is 6.10 Å². The van der Waals surface area contributed by atoms with Crippen molar-refractivity contribution in [3.05, 3.63) is 11.9 Å². The molecule has 2 rings (SSSR count). The molecule has 114 valence electrons. The Hall–Kier alpha value is -0.980. The Morgan fingerprint density at radius 2 is 2.35 bits per heavy atom. The van der Waals surface area contributed by atoms with Crippen LogP contribution < -0.4 is 5.32 Å². The molecule has 1 saturated heterocycles. The first-order valence-electron chi connectivity index (χ1n) is 7.71. The van der Waals surface area contributed by atoms with E-state index in [0.717, 1.165) is 64.4 Å². The Morgan fingerprint density at radius 3 is 3.20 bits per heavy atom. The van der Waals surface area contributed by atoms with Crippen LogP contribution in [0.1, 0.15) is 32.4 Å². The number of rotatable bonds is 7. The average molecular weight is 281 g/mol. The van der Waals surface area contributed by atoms with Gasteiger partial charge in [-0.05, 0) is 26.3 Å². The van der Waals surface area contributed by atoms with E-state index in [1.165, 1.54) is 0 Å². The van der Waals surface area contributed by atoms with Crippen LogP contribution in [0.2, 0.25) is 0 Å².